The summed E-state index contributed by atoms with van der Waals surface area (Å²) in [5.74, 6) is 1.64. The van der Waals surface area contributed by atoms with Crippen molar-refractivity contribution >= 4 is 5.82 Å². The lowest BCUT2D eigenvalue weighted by atomic mass is 9.96. The predicted octanol–water partition coefficient (Wildman–Crippen LogP) is 1.91. The summed E-state index contributed by atoms with van der Waals surface area (Å²) in [6.45, 7) is 5.18. The van der Waals surface area contributed by atoms with E-state index in [1.807, 2.05) is 12.1 Å². The van der Waals surface area contributed by atoms with Crippen LogP contribution in [0.3, 0.4) is 0 Å². The second-order valence-corrected chi connectivity index (χ2v) is 5.72. The Morgan fingerprint density at radius 2 is 2.16 bits per heavy atom. The van der Waals surface area contributed by atoms with E-state index in [-0.39, 0.29) is 0 Å². The molecule has 4 nitrogen and oxygen atoms in total. The Morgan fingerprint density at radius 1 is 1.47 bits per heavy atom. The van der Waals surface area contributed by atoms with Crippen LogP contribution in [0.1, 0.15) is 31.4 Å². The summed E-state index contributed by atoms with van der Waals surface area (Å²) in [7, 11) is 4.26. The van der Waals surface area contributed by atoms with Gasteiger partial charge in [-0.05, 0) is 51.9 Å². The predicted molar refractivity (Wildman–Crippen MR) is 78.4 cm³/mol. The van der Waals surface area contributed by atoms with E-state index >= 15 is 0 Å². The smallest absolute Gasteiger partial charge is 0.134 e. The van der Waals surface area contributed by atoms with Crippen molar-refractivity contribution in [1.29, 1.82) is 0 Å². The van der Waals surface area contributed by atoms with E-state index in [2.05, 4.69) is 28.9 Å². The lowest BCUT2D eigenvalue weighted by Gasteiger charge is -2.32. The topological polar surface area (TPSA) is 39.6 Å². The molecule has 1 N–H and O–H groups in total. The number of aliphatic hydroxyl groups is 1. The van der Waals surface area contributed by atoms with Crippen LogP contribution in [0.25, 0.3) is 0 Å². The molecule has 0 spiro atoms. The Balaban J connectivity index is 2.01. The number of hydrogen-bond donors (Lipinski definition) is 1. The van der Waals surface area contributed by atoms with Crippen molar-refractivity contribution in [3.63, 3.8) is 0 Å². The Labute approximate surface area is 116 Å². The van der Waals surface area contributed by atoms with E-state index in [9.17, 15) is 5.11 Å². The van der Waals surface area contributed by atoms with Crippen LogP contribution in [0.4, 0.5) is 5.82 Å². The third-order valence-corrected chi connectivity index (χ3v) is 4.00. The van der Waals surface area contributed by atoms with Crippen molar-refractivity contribution in [2.75, 3.05) is 38.6 Å². The van der Waals surface area contributed by atoms with E-state index in [4.69, 9.17) is 0 Å². The average Bonchev–Trinajstić information content (AvgIpc) is 2.41. The van der Waals surface area contributed by atoms with Gasteiger partial charge in [-0.15, -0.1) is 0 Å². The van der Waals surface area contributed by atoms with Crippen molar-refractivity contribution in [1.82, 2.24) is 9.88 Å². The first-order valence-electron chi connectivity index (χ1n) is 7.10. The van der Waals surface area contributed by atoms with Crippen LogP contribution < -0.4 is 4.90 Å². The number of likely N-dealkylation sites (tertiary alicyclic amines) is 1. The van der Waals surface area contributed by atoms with Crippen LogP contribution in [0.5, 0.6) is 0 Å². The Hall–Kier alpha value is -1.13. The quantitative estimate of drug-likeness (QED) is 0.901. The molecular weight excluding hydrogens is 238 g/mol. The first kappa shape index (κ1) is 14.3. The fraction of sp³-hybridized carbons (Fsp3) is 0.667. The van der Waals surface area contributed by atoms with Crippen LogP contribution >= 0.6 is 0 Å². The van der Waals surface area contributed by atoms with Gasteiger partial charge in [0.2, 0.25) is 0 Å². The van der Waals surface area contributed by atoms with E-state index in [1.165, 1.54) is 25.9 Å². The highest BCUT2D eigenvalue weighted by Gasteiger charge is 2.20. The van der Waals surface area contributed by atoms with Crippen molar-refractivity contribution in [3.05, 3.63) is 23.9 Å². The van der Waals surface area contributed by atoms with Gasteiger partial charge < -0.3 is 14.9 Å². The number of pyridine rings is 1. The molecule has 106 valence electrons. The van der Waals surface area contributed by atoms with Crippen molar-refractivity contribution < 1.29 is 5.11 Å². The molecule has 0 bridgehead atoms. The van der Waals surface area contributed by atoms with E-state index in [0.29, 0.717) is 0 Å². The molecule has 0 unspecified atom stereocenters. The molecule has 1 aliphatic rings. The van der Waals surface area contributed by atoms with Crippen molar-refractivity contribution in [3.8, 4) is 0 Å². The standard InChI is InChI=1S/C15H25N3O/c1-12(19)14-5-4-8-16-15(14)18(3)11-13-6-9-17(2)10-7-13/h4-5,8,12-13,19H,6-7,9-11H2,1-3H3/t12-/m0/s1. The average molecular weight is 263 g/mol. The summed E-state index contributed by atoms with van der Waals surface area (Å²) in [5, 5.41) is 9.82. The molecule has 1 aliphatic heterocycles. The van der Waals surface area contributed by atoms with Crippen molar-refractivity contribution in [2.45, 2.75) is 25.9 Å². The number of piperidine rings is 1. The first-order valence-corrected chi connectivity index (χ1v) is 7.10. The molecule has 0 radical (unpaired) electrons. The molecule has 2 heterocycles. The Bertz CT molecular complexity index is 400. The molecule has 4 heteroatoms. The maximum absolute atomic E-state index is 9.82. The first-order chi connectivity index (χ1) is 9.08. The molecular formula is C15H25N3O. The highest BCUT2D eigenvalue weighted by molar-refractivity contribution is 5.47. The fourth-order valence-electron chi connectivity index (χ4n) is 2.77. The molecule has 2 rings (SSSR count). The number of aliphatic hydroxyl groups excluding tert-OH is 1. The van der Waals surface area contributed by atoms with Gasteiger partial charge in [-0.25, -0.2) is 4.98 Å². The second-order valence-electron chi connectivity index (χ2n) is 5.72. The number of aromatic nitrogens is 1. The fourth-order valence-corrected chi connectivity index (χ4v) is 2.77. The van der Waals surface area contributed by atoms with Crippen LogP contribution in [0.15, 0.2) is 18.3 Å². The van der Waals surface area contributed by atoms with Crippen LogP contribution in [0, 0.1) is 5.92 Å². The lowest BCUT2D eigenvalue weighted by Crippen LogP contribution is -2.36. The number of rotatable bonds is 4. The molecule has 0 saturated carbocycles. The maximum atomic E-state index is 9.82. The van der Waals surface area contributed by atoms with E-state index in [1.54, 1.807) is 13.1 Å². The van der Waals surface area contributed by atoms with Gasteiger partial charge in [0, 0.05) is 25.4 Å². The monoisotopic (exact) mass is 263 g/mol. The van der Waals surface area contributed by atoms with Gasteiger partial charge in [0.25, 0.3) is 0 Å². The number of hydrogen-bond acceptors (Lipinski definition) is 4. The highest BCUT2D eigenvalue weighted by atomic mass is 16.3. The largest absolute Gasteiger partial charge is 0.389 e. The number of nitrogens with zero attached hydrogens (tertiary/aromatic N) is 3. The Kier molecular flexibility index (Phi) is 4.77. The molecule has 0 aromatic carbocycles. The third-order valence-electron chi connectivity index (χ3n) is 4.00. The zero-order valence-corrected chi connectivity index (χ0v) is 12.2. The molecule has 0 aliphatic carbocycles. The number of anilines is 1. The zero-order valence-electron chi connectivity index (χ0n) is 12.2. The SMILES string of the molecule is C[C@H](O)c1cccnc1N(C)CC1CCN(C)CC1. The normalized spacial score (nSPS) is 19.4. The molecule has 1 saturated heterocycles. The molecule has 1 fully saturated rings. The minimum Gasteiger partial charge on any atom is -0.389 e. The van der Waals surface area contributed by atoms with E-state index < -0.39 is 6.10 Å². The lowest BCUT2D eigenvalue weighted by molar-refractivity contribution is 0.198. The summed E-state index contributed by atoms with van der Waals surface area (Å²) >= 11 is 0. The zero-order chi connectivity index (χ0) is 13.8. The minimum absolute atomic E-state index is 0.469. The maximum Gasteiger partial charge on any atom is 0.134 e. The van der Waals surface area contributed by atoms with Gasteiger partial charge in [0.05, 0.1) is 6.10 Å². The summed E-state index contributed by atoms with van der Waals surface area (Å²) < 4.78 is 0. The van der Waals surface area contributed by atoms with Gasteiger partial charge in [-0.3, -0.25) is 0 Å². The van der Waals surface area contributed by atoms with Gasteiger partial charge in [0.1, 0.15) is 5.82 Å². The van der Waals surface area contributed by atoms with Crippen LogP contribution in [0.2, 0.25) is 0 Å². The Morgan fingerprint density at radius 3 is 2.79 bits per heavy atom. The summed E-state index contributed by atoms with van der Waals surface area (Å²) in [6, 6.07) is 3.84. The van der Waals surface area contributed by atoms with E-state index in [0.717, 1.165) is 23.8 Å². The molecule has 1 aromatic heterocycles. The molecule has 1 aromatic rings. The van der Waals surface area contributed by atoms with Crippen molar-refractivity contribution in [2.24, 2.45) is 5.92 Å². The van der Waals surface area contributed by atoms with Gasteiger partial charge in [-0.2, -0.15) is 0 Å². The minimum atomic E-state index is -0.469. The summed E-state index contributed by atoms with van der Waals surface area (Å²) in [6.07, 6.45) is 3.82. The van der Waals surface area contributed by atoms with Gasteiger partial charge in [0.15, 0.2) is 0 Å². The van der Waals surface area contributed by atoms with Gasteiger partial charge >= 0.3 is 0 Å². The molecule has 1 atom stereocenters. The third kappa shape index (κ3) is 3.67. The van der Waals surface area contributed by atoms with Crippen LogP contribution in [-0.4, -0.2) is 48.7 Å². The summed E-state index contributed by atoms with van der Waals surface area (Å²) in [5.41, 5.74) is 0.915. The summed E-state index contributed by atoms with van der Waals surface area (Å²) in [4.78, 5) is 9.02. The molecule has 0 amide bonds. The van der Waals surface area contributed by atoms with Gasteiger partial charge in [-0.1, -0.05) is 6.07 Å². The van der Waals surface area contributed by atoms with Crippen LogP contribution in [-0.2, 0) is 0 Å². The highest BCUT2D eigenvalue weighted by Crippen LogP contribution is 2.25. The molecule has 19 heavy (non-hydrogen) atoms. The second kappa shape index (κ2) is 6.35.